The van der Waals surface area contributed by atoms with Crippen molar-refractivity contribution >= 4 is 11.6 Å². The Balaban J connectivity index is 1.88. The second-order valence-electron chi connectivity index (χ2n) is 4.89. The highest BCUT2D eigenvalue weighted by atomic mass is 35.5. The van der Waals surface area contributed by atoms with E-state index in [-0.39, 0.29) is 0 Å². The minimum atomic E-state index is -0.594. The first-order valence-corrected chi connectivity index (χ1v) is 7.37. The van der Waals surface area contributed by atoms with Crippen molar-refractivity contribution < 1.29 is 14.6 Å². The molecule has 2 aromatic rings. The lowest BCUT2D eigenvalue weighted by atomic mass is 10.1. The maximum absolute atomic E-state index is 10.2. The van der Waals surface area contributed by atoms with E-state index >= 15 is 0 Å². The van der Waals surface area contributed by atoms with Gasteiger partial charge in [0.1, 0.15) is 11.5 Å². The van der Waals surface area contributed by atoms with E-state index < -0.39 is 6.10 Å². The number of nitrogens with one attached hydrogen (secondary N) is 1. The number of aliphatic hydroxyl groups is 1. The second-order valence-corrected chi connectivity index (χ2v) is 5.30. The summed E-state index contributed by atoms with van der Waals surface area (Å²) in [5.74, 6) is 1.39. The van der Waals surface area contributed by atoms with E-state index in [9.17, 15) is 5.11 Å². The maximum Gasteiger partial charge on any atom is 0.137 e. The standard InChI is InChI=1S/C17H20ClNO3/c1-21-14-5-3-4-13(9-14)16(20)11-19-10-12-6-7-17(22-2)15(18)8-12/h3-9,16,19-20H,10-11H2,1-2H3. The van der Waals surface area contributed by atoms with Crippen molar-refractivity contribution in [1.82, 2.24) is 5.32 Å². The van der Waals surface area contributed by atoms with E-state index in [1.165, 1.54) is 0 Å². The van der Waals surface area contributed by atoms with E-state index in [1.54, 1.807) is 14.2 Å². The molecule has 0 saturated heterocycles. The van der Waals surface area contributed by atoms with Crippen LogP contribution in [0.5, 0.6) is 11.5 Å². The molecule has 0 amide bonds. The number of hydrogen-bond acceptors (Lipinski definition) is 4. The maximum atomic E-state index is 10.2. The number of rotatable bonds is 7. The average Bonchev–Trinajstić information content (AvgIpc) is 2.55. The molecule has 22 heavy (non-hydrogen) atoms. The van der Waals surface area contributed by atoms with Gasteiger partial charge in [-0.25, -0.2) is 0 Å². The smallest absolute Gasteiger partial charge is 0.137 e. The lowest BCUT2D eigenvalue weighted by Gasteiger charge is -2.13. The van der Waals surface area contributed by atoms with Crippen molar-refractivity contribution in [1.29, 1.82) is 0 Å². The highest BCUT2D eigenvalue weighted by Gasteiger charge is 2.08. The van der Waals surface area contributed by atoms with Crippen LogP contribution in [0.15, 0.2) is 42.5 Å². The van der Waals surface area contributed by atoms with Crippen molar-refractivity contribution in [2.24, 2.45) is 0 Å². The summed E-state index contributed by atoms with van der Waals surface area (Å²) >= 11 is 6.08. The number of methoxy groups -OCH3 is 2. The van der Waals surface area contributed by atoms with Crippen LogP contribution in [0.2, 0.25) is 5.02 Å². The highest BCUT2D eigenvalue weighted by molar-refractivity contribution is 6.32. The molecule has 0 radical (unpaired) electrons. The molecule has 0 spiro atoms. The Kier molecular flexibility index (Phi) is 6.07. The molecule has 0 aliphatic heterocycles. The zero-order valence-corrected chi connectivity index (χ0v) is 13.4. The van der Waals surface area contributed by atoms with Gasteiger partial charge in [-0.2, -0.15) is 0 Å². The van der Waals surface area contributed by atoms with Gasteiger partial charge >= 0.3 is 0 Å². The minimum absolute atomic E-state index is 0.441. The number of halogens is 1. The number of hydrogen-bond donors (Lipinski definition) is 2. The molecule has 5 heteroatoms. The van der Waals surface area contributed by atoms with Crippen molar-refractivity contribution in [3.63, 3.8) is 0 Å². The van der Waals surface area contributed by atoms with Crippen molar-refractivity contribution in [3.8, 4) is 11.5 Å². The zero-order valence-electron chi connectivity index (χ0n) is 12.7. The summed E-state index contributed by atoms with van der Waals surface area (Å²) in [6, 6.07) is 13.0. The molecular weight excluding hydrogens is 302 g/mol. The quantitative estimate of drug-likeness (QED) is 0.822. The van der Waals surface area contributed by atoms with Crippen LogP contribution < -0.4 is 14.8 Å². The van der Waals surface area contributed by atoms with Crippen molar-refractivity contribution in [2.75, 3.05) is 20.8 Å². The van der Waals surface area contributed by atoms with Crippen LogP contribution in [0, 0.1) is 0 Å². The normalized spacial score (nSPS) is 12.0. The Morgan fingerprint density at radius 1 is 1.14 bits per heavy atom. The average molecular weight is 322 g/mol. The Morgan fingerprint density at radius 3 is 2.64 bits per heavy atom. The summed E-state index contributed by atoms with van der Waals surface area (Å²) in [6.45, 7) is 1.06. The van der Waals surface area contributed by atoms with Gasteiger partial charge in [0.2, 0.25) is 0 Å². The first kappa shape index (κ1) is 16.6. The van der Waals surface area contributed by atoms with Gasteiger partial charge in [0.05, 0.1) is 25.3 Å². The minimum Gasteiger partial charge on any atom is -0.497 e. The molecule has 2 rings (SSSR count). The number of aliphatic hydroxyl groups excluding tert-OH is 1. The van der Waals surface area contributed by atoms with Gasteiger partial charge < -0.3 is 19.9 Å². The summed E-state index contributed by atoms with van der Waals surface area (Å²) < 4.78 is 10.3. The molecule has 0 aromatic heterocycles. The lowest BCUT2D eigenvalue weighted by Crippen LogP contribution is -2.21. The van der Waals surface area contributed by atoms with Gasteiger partial charge in [-0.15, -0.1) is 0 Å². The molecule has 1 atom stereocenters. The Labute approximate surface area is 135 Å². The predicted octanol–water partition coefficient (Wildman–Crippen LogP) is 3.18. The van der Waals surface area contributed by atoms with Crippen molar-refractivity contribution in [3.05, 3.63) is 58.6 Å². The van der Waals surface area contributed by atoms with E-state index in [0.717, 1.165) is 16.9 Å². The Hall–Kier alpha value is -1.75. The molecule has 0 saturated carbocycles. The summed E-state index contributed by atoms with van der Waals surface area (Å²) in [7, 11) is 3.20. The molecule has 4 nitrogen and oxygen atoms in total. The third-order valence-electron chi connectivity index (χ3n) is 3.36. The molecule has 0 aliphatic rings. The van der Waals surface area contributed by atoms with Crippen molar-refractivity contribution in [2.45, 2.75) is 12.6 Å². The fraction of sp³-hybridized carbons (Fsp3) is 0.294. The van der Waals surface area contributed by atoms with Crippen LogP contribution >= 0.6 is 11.6 Å². The summed E-state index contributed by atoms with van der Waals surface area (Å²) in [5, 5.41) is 14.0. The summed E-state index contributed by atoms with van der Waals surface area (Å²) in [5.41, 5.74) is 1.85. The SMILES string of the molecule is COc1cccc(C(O)CNCc2ccc(OC)c(Cl)c2)c1. The summed E-state index contributed by atoms with van der Waals surface area (Å²) in [6.07, 6.45) is -0.594. The topological polar surface area (TPSA) is 50.7 Å². The third kappa shape index (κ3) is 4.37. The summed E-state index contributed by atoms with van der Waals surface area (Å²) in [4.78, 5) is 0. The molecule has 1 unspecified atom stereocenters. The van der Waals surface area contributed by atoms with Crippen LogP contribution in [0.25, 0.3) is 0 Å². The van der Waals surface area contributed by atoms with Gasteiger partial charge in [0.15, 0.2) is 0 Å². The van der Waals surface area contributed by atoms with Crippen LogP contribution in [-0.2, 0) is 6.54 Å². The fourth-order valence-electron chi connectivity index (χ4n) is 2.14. The molecule has 2 N–H and O–H groups in total. The Bertz CT molecular complexity index is 619. The first-order valence-electron chi connectivity index (χ1n) is 6.99. The molecule has 0 aliphatic carbocycles. The number of ether oxygens (including phenoxy) is 2. The van der Waals surface area contributed by atoms with E-state index in [0.29, 0.717) is 23.9 Å². The van der Waals surface area contributed by atoms with E-state index in [1.807, 2.05) is 42.5 Å². The van der Waals surface area contributed by atoms with E-state index in [2.05, 4.69) is 5.32 Å². The van der Waals surface area contributed by atoms with Gasteiger partial charge in [-0.05, 0) is 35.4 Å². The zero-order chi connectivity index (χ0) is 15.9. The highest BCUT2D eigenvalue weighted by Crippen LogP contribution is 2.25. The van der Waals surface area contributed by atoms with Crippen LogP contribution in [0.4, 0.5) is 0 Å². The van der Waals surface area contributed by atoms with E-state index in [4.69, 9.17) is 21.1 Å². The van der Waals surface area contributed by atoms with Crippen LogP contribution in [0.3, 0.4) is 0 Å². The second kappa shape index (κ2) is 8.03. The van der Waals surface area contributed by atoms with Crippen LogP contribution in [0.1, 0.15) is 17.2 Å². The fourth-order valence-corrected chi connectivity index (χ4v) is 2.42. The molecule has 2 aromatic carbocycles. The Morgan fingerprint density at radius 2 is 1.95 bits per heavy atom. The molecular formula is C17H20ClNO3. The van der Waals surface area contributed by atoms with Crippen LogP contribution in [-0.4, -0.2) is 25.9 Å². The molecule has 118 valence electrons. The first-order chi connectivity index (χ1) is 10.6. The molecule has 0 bridgehead atoms. The molecule has 0 heterocycles. The van der Waals surface area contributed by atoms with Gasteiger partial charge in [-0.1, -0.05) is 29.8 Å². The molecule has 0 fully saturated rings. The predicted molar refractivity (Wildman–Crippen MR) is 87.7 cm³/mol. The van der Waals surface area contributed by atoms with Gasteiger partial charge in [-0.3, -0.25) is 0 Å². The van der Waals surface area contributed by atoms with Gasteiger partial charge in [0.25, 0.3) is 0 Å². The largest absolute Gasteiger partial charge is 0.497 e. The number of benzene rings is 2. The third-order valence-corrected chi connectivity index (χ3v) is 3.66. The lowest BCUT2D eigenvalue weighted by molar-refractivity contribution is 0.174. The van der Waals surface area contributed by atoms with Gasteiger partial charge in [0, 0.05) is 13.1 Å². The monoisotopic (exact) mass is 321 g/mol.